The second-order valence-corrected chi connectivity index (χ2v) is 13.2. The molecule has 11 rings (SSSR count). The predicted octanol–water partition coefficient (Wildman–Crippen LogP) is 12.6. The highest BCUT2D eigenvalue weighted by molar-refractivity contribution is 6.19. The quantitative estimate of drug-likeness (QED) is 0.187. The molecule has 0 saturated heterocycles. The summed E-state index contributed by atoms with van der Waals surface area (Å²) in [5.41, 5.74) is 8.27. The Labute approximate surface area is 297 Å². The van der Waals surface area contributed by atoms with E-state index in [1.807, 2.05) is 60.7 Å². The summed E-state index contributed by atoms with van der Waals surface area (Å²) >= 11 is 0. The molecule has 0 unspecified atom stereocenters. The van der Waals surface area contributed by atoms with Gasteiger partial charge in [0, 0.05) is 43.6 Å². The molecule has 3 heterocycles. The lowest BCUT2D eigenvalue weighted by Crippen LogP contribution is -2.00. The maximum atomic E-state index is 6.69. The van der Waals surface area contributed by atoms with Gasteiger partial charge in [-0.1, -0.05) is 121 Å². The fourth-order valence-corrected chi connectivity index (χ4v) is 7.54. The van der Waals surface area contributed by atoms with Crippen LogP contribution in [0.2, 0.25) is 0 Å². The summed E-state index contributed by atoms with van der Waals surface area (Å²) in [5, 5.41) is 8.65. The van der Waals surface area contributed by atoms with Crippen LogP contribution in [0.4, 0.5) is 0 Å². The average molecular weight is 666 g/mol. The van der Waals surface area contributed by atoms with E-state index in [2.05, 4.69) is 103 Å². The summed E-state index contributed by atoms with van der Waals surface area (Å²) in [7, 11) is 0. The molecule has 8 aromatic carbocycles. The Balaban J connectivity index is 1.12. The van der Waals surface area contributed by atoms with E-state index in [1.165, 1.54) is 10.8 Å². The Morgan fingerprint density at radius 1 is 0.308 bits per heavy atom. The van der Waals surface area contributed by atoms with Gasteiger partial charge in [0.05, 0.1) is 0 Å². The summed E-state index contributed by atoms with van der Waals surface area (Å²) < 4.78 is 13.0. The Hall–Kier alpha value is -7.11. The number of rotatable bonds is 4. The van der Waals surface area contributed by atoms with Gasteiger partial charge in [0.1, 0.15) is 22.3 Å². The van der Waals surface area contributed by atoms with Crippen LogP contribution in [0.25, 0.3) is 111 Å². The van der Waals surface area contributed by atoms with Crippen LogP contribution in [-0.2, 0) is 0 Å². The fraction of sp³-hybridized carbons (Fsp3) is 0. The maximum Gasteiger partial charge on any atom is 0.164 e. The van der Waals surface area contributed by atoms with Crippen molar-refractivity contribution in [2.24, 2.45) is 0 Å². The van der Waals surface area contributed by atoms with E-state index in [9.17, 15) is 0 Å². The molecule has 0 saturated carbocycles. The van der Waals surface area contributed by atoms with E-state index in [0.717, 1.165) is 82.5 Å². The fourth-order valence-electron chi connectivity index (χ4n) is 7.54. The van der Waals surface area contributed by atoms with Gasteiger partial charge < -0.3 is 8.83 Å². The first kappa shape index (κ1) is 28.7. The molecule has 0 aliphatic heterocycles. The highest BCUT2D eigenvalue weighted by Crippen LogP contribution is 2.41. The third-order valence-electron chi connectivity index (χ3n) is 10.1. The molecular formula is C47H27N3O2. The van der Waals surface area contributed by atoms with Crippen molar-refractivity contribution in [3.63, 3.8) is 0 Å². The van der Waals surface area contributed by atoms with E-state index in [-0.39, 0.29) is 0 Å². The number of furan rings is 2. The van der Waals surface area contributed by atoms with Gasteiger partial charge in [-0.25, -0.2) is 15.0 Å². The van der Waals surface area contributed by atoms with E-state index < -0.39 is 0 Å². The first-order valence-electron chi connectivity index (χ1n) is 17.3. The lowest BCUT2D eigenvalue weighted by Gasteiger charge is -2.11. The Morgan fingerprint density at radius 3 is 1.75 bits per heavy atom. The number of nitrogens with zero attached hydrogens (tertiary/aromatic N) is 3. The number of hydrogen-bond donors (Lipinski definition) is 0. The van der Waals surface area contributed by atoms with Gasteiger partial charge in [-0.3, -0.25) is 0 Å². The molecule has 0 amide bonds. The van der Waals surface area contributed by atoms with Gasteiger partial charge in [-0.15, -0.1) is 0 Å². The third kappa shape index (κ3) is 4.53. The van der Waals surface area contributed by atoms with Crippen molar-refractivity contribution in [2.45, 2.75) is 0 Å². The van der Waals surface area contributed by atoms with Crippen molar-refractivity contribution >= 4 is 65.4 Å². The molecule has 0 radical (unpaired) electrons. The van der Waals surface area contributed by atoms with Crippen molar-refractivity contribution in [1.82, 2.24) is 15.0 Å². The molecule has 242 valence electrons. The summed E-state index contributed by atoms with van der Waals surface area (Å²) in [6.45, 7) is 0. The molecular weight excluding hydrogens is 639 g/mol. The Kier molecular flexibility index (Phi) is 6.18. The molecule has 5 nitrogen and oxygen atoms in total. The number of fused-ring (bicyclic) bond motifs is 9. The first-order valence-corrected chi connectivity index (χ1v) is 17.3. The highest BCUT2D eigenvalue weighted by Gasteiger charge is 2.20. The Morgan fingerprint density at radius 2 is 0.885 bits per heavy atom. The largest absolute Gasteiger partial charge is 0.456 e. The molecule has 5 heteroatoms. The minimum absolute atomic E-state index is 0.576. The van der Waals surface area contributed by atoms with Crippen LogP contribution in [0.1, 0.15) is 0 Å². The smallest absolute Gasteiger partial charge is 0.164 e. The average Bonchev–Trinajstić information content (AvgIpc) is 3.78. The molecule has 0 fully saturated rings. The second kappa shape index (κ2) is 11.2. The zero-order valence-electron chi connectivity index (χ0n) is 27.7. The first-order chi connectivity index (χ1) is 25.7. The van der Waals surface area contributed by atoms with Gasteiger partial charge in [-0.05, 0) is 69.8 Å². The number of benzene rings is 8. The molecule has 0 aliphatic rings. The summed E-state index contributed by atoms with van der Waals surface area (Å²) in [4.78, 5) is 15.3. The van der Waals surface area contributed by atoms with Crippen LogP contribution < -0.4 is 0 Å². The SMILES string of the molecule is c1ccc(-c2nc(-c3ccc4c(c3)oc3ccccc34)nc(-c3cc4c5ccc(-c6ccc7ccccc7c6)cc5oc4c4ccccc34)n2)cc1. The van der Waals surface area contributed by atoms with Crippen molar-refractivity contribution < 1.29 is 8.83 Å². The Bertz CT molecular complexity index is 3190. The highest BCUT2D eigenvalue weighted by atomic mass is 16.3. The van der Waals surface area contributed by atoms with Crippen LogP contribution in [-0.4, -0.2) is 15.0 Å². The summed E-state index contributed by atoms with van der Waals surface area (Å²) in [6, 6.07) is 56.4. The number of aromatic nitrogens is 3. The zero-order valence-corrected chi connectivity index (χ0v) is 27.7. The molecule has 52 heavy (non-hydrogen) atoms. The summed E-state index contributed by atoms with van der Waals surface area (Å²) in [6.07, 6.45) is 0. The predicted molar refractivity (Wildman–Crippen MR) is 211 cm³/mol. The minimum Gasteiger partial charge on any atom is -0.456 e. The molecule has 0 atom stereocenters. The molecule has 0 N–H and O–H groups in total. The summed E-state index contributed by atoms with van der Waals surface area (Å²) in [5.74, 6) is 1.77. The zero-order chi connectivity index (χ0) is 34.2. The van der Waals surface area contributed by atoms with Gasteiger partial charge >= 0.3 is 0 Å². The van der Waals surface area contributed by atoms with Gasteiger partial charge in [0.25, 0.3) is 0 Å². The van der Waals surface area contributed by atoms with E-state index in [1.54, 1.807) is 0 Å². The van der Waals surface area contributed by atoms with Crippen LogP contribution in [0.3, 0.4) is 0 Å². The van der Waals surface area contributed by atoms with Gasteiger partial charge in [-0.2, -0.15) is 0 Å². The second-order valence-electron chi connectivity index (χ2n) is 13.2. The topological polar surface area (TPSA) is 65.0 Å². The molecule has 3 aromatic heterocycles. The van der Waals surface area contributed by atoms with Crippen LogP contribution in [0.5, 0.6) is 0 Å². The van der Waals surface area contributed by atoms with Crippen molar-refractivity contribution in [3.8, 4) is 45.3 Å². The lowest BCUT2D eigenvalue weighted by atomic mass is 9.98. The molecule has 0 spiro atoms. The number of para-hydroxylation sites is 1. The molecule has 11 aromatic rings. The van der Waals surface area contributed by atoms with Crippen LogP contribution in [0.15, 0.2) is 173 Å². The molecule has 0 aliphatic carbocycles. The monoisotopic (exact) mass is 665 g/mol. The number of hydrogen-bond acceptors (Lipinski definition) is 5. The van der Waals surface area contributed by atoms with E-state index >= 15 is 0 Å². The van der Waals surface area contributed by atoms with Crippen molar-refractivity contribution in [2.75, 3.05) is 0 Å². The van der Waals surface area contributed by atoms with E-state index in [4.69, 9.17) is 23.8 Å². The van der Waals surface area contributed by atoms with Gasteiger partial charge in [0.15, 0.2) is 17.5 Å². The van der Waals surface area contributed by atoms with Gasteiger partial charge in [0.2, 0.25) is 0 Å². The maximum absolute atomic E-state index is 6.69. The van der Waals surface area contributed by atoms with Crippen molar-refractivity contribution in [3.05, 3.63) is 164 Å². The molecule has 0 bridgehead atoms. The van der Waals surface area contributed by atoms with Crippen LogP contribution >= 0.6 is 0 Å². The lowest BCUT2D eigenvalue weighted by molar-refractivity contribution is 0.669. The minimum atomic E-state index is 0.576. The van der Waals surface area contributed by atoms with Crippen molar-refractivity contribution in [1.29, 1.82) is 0 Å². The standard InChI is InChI=1S/C47H27N3O2/c1-2-11-29(12-3-1)45-48-46(33-21-23-36-35-15-8-9-17-41(35)51-42(36)26-33)50-47(49-45)40-27-39-37-22-20-32(31-19-18-28-10-4-5-13-30(28)24-31)25-43(37)52-44(39)38-16-7-6-14-34(38)40/h1-27H. The van der Waals surface area contributed by atoms with E-state index in [0.29, 0.717) is 17.5 Å². The third-order valence-corrected chi connectivity index (χ3v) is 10.1. The normalized spacial score (nSPS) is 11.8. The van der Waals surface area contributed by atoms with Crippen LogP contribution in [0, 0.1) is 0 Å².